The lowest BCUT2D eigenvalue weighted by molar-refractivity contribution is -0.131. The Balaban J connectivity index is 0.00000432. The van der Waals surface area contributed by atoms with Crippen molar-refractivity contribution in [3.05, 3.63) is 87.9 Å². The molecule has 3 rings (SSSR count). The number of hydrogen-bond acceptors (Lipinski definition) is 6. The molecule has 188 valence electrons. The van der Waals surface area contributed by atoms with Crippen LogP contribution in [-0.2, 0) is 21.1 Å². The van der Waals surface area contributed by atoms with Gasteiger partial charge in [-0.3, -0.25) is 4.79 Å². The zero-order chi connectivity index (χ0) is 24.9. The number of nitrogens with one attached hydrogen (secondary N) is 1. The summed E-state index contributed by atoms with van der Waals surface area (Å²) in [6.07, 6.45) is 0.0168. The highest BCUT2D eigenvalue weighted by atomic mass is 35.5. The highest BCUT2D eigenvalue weighted by molar-refractivity contribution is 7.91. The van der Waals surface area contributed by atoms with Crippen molar-refractivity contribution in [1.82, 2.24) is 5.32 Å². The van der Waals surface area contributed by atoms with Gasteiger partial charge in [0, 0.05) is 18.5 Å². The van der Waals surface area contributed by atoms with E-state index in [1.807, 2.05) is 6.07 Å². The third-order valence-electron chi connectivity index (χ3n) is 5.39. The molecule has 0 amide bonds. The molecule has 0 unspecified atom stereocenters. The summed E-state index contributed by atoms with van der Waals surface area (Å²) < 4.78 is 31.4. The highest BCUT2D eigenvalue weighted by Gasteiger charge is 2.20. The van der Waals surface area contributed by atoms with Gasteiger partial charge in [-0.2, -0.15) is 0 Å². The van der Waals surface area contributed by atoms with Crippen LogP contribution in [0.15, 0.2) is 70.5 Å². The maximum atomic E-state index is 13.1. The fourth-order valence-corrected chi connectivity index (χ4v) is 5.27. The molecule has 0 radical (unpaired) electrons. The lowest BCUT2D eigenvalue weighted by atomic mass is 10.1. The van der Waals surface area contributed by atoms with Gasteiger partial charge in [0.2, 0.25) is 9.84 Å². The fraction of sp³-hybridized carbons (Fsp3) is 0.269. The first-order valence-corrected chi connectivity index (χ1v) is 12.7. The molecule has 0 aromatic heterocycles. The van der Waals surface area contributed by atoms with E-state index in [9.17, 15) is 18.3 Å². The third kappa shape index (κ3) is 7.53. The van der Waals surface area contributed by atoms with Crippen LogP contribution in [0.1, 0.15) is 35.3 Å². The molecule has 0 fully saturated rings. The zero-order valence-electron chi connectivity index (χ0n) is 19.7. The van der Waals surface area contributed by atoms with Crippen LogP contribution in [-0.4, -0.2) is 32.6 Å². The number of aliphatic hydroxyl groups excluding tert-OH is 1. The molecule has 0 heterocycles. The number of esters is 1. The van der Waals surface area contributed by atoms with Gasteiger partial charge in [0.1, 0.15) is 5.75 Å². The molecule has 0 spiro atoms. The Kier molecular flexibility index (Phi) is 10.3. The number of aliphatic hydroxyl groups is 1. The lowest BCUT2D eigenvalue weighted by Gasteiger charge is -2.13. The third-order valence-corrected chi connectivity index (χ3v) is 7.37. The van der Waals surface area contributed by atoms with Crippen molar-refractivity contribution in [2.24, 2.45) is 0 Å². The number of carbonyl (C=O) groups excluding carboxylic acids is 1. The van der Waals surface area contributed by atoms with Crippen LogP contribution in [0.2, 0.25) is 5.02 Å². The maximum Gasteiger partial charge on any atom is 0.308 e. The summed E-state index contributed by atoms with van der Waals surface area (Å²) in [5.74, 6) is -0.0689. The van der Waals surface area contributed by atoms with Gasteiger partial charge < -0.3 is 15.2 Å². The predicted octanol–water partition coefficient (Wildman–Crippen LogP) is 5.00. The topological polar surface area (TPSA) is 92.7 Å². The van der Waals surface area contributed by atoms with Crippen molar-refractivity contribution in [2.75, 3.05) is 13.1 Å². The average molecular weight is 538 g/mol. The Morgan fingerprint density at radius 3 is 2.23 bits per heavy atom. The largest absolute Gasteiger partial charge is 0.426 e. The molecule has 2 N–H and O–H groups in total. The predicted molar refractivity (Wildman–Crippen MR) is 139 cm³/mol. The fourth-order valence-electron chi connectivity index (χ4n) is 3.64. The van der Waals surface area contributed by atoms with Crippen molar-refractivity contribution >= 4 is 39.8 Å². The molecule has 3 aromatic carbocycles. The normalized spacial score (nSPS) is 12.0. The number of halogens is 2. The minimum absolute atomic E-state index is 0. The van der Waals surface area contributed by atoms with Crippen molar-refractivity contribution in [3.8, 4) is 5.75 Å². The number of hydrogen-bond donors (Lipinski definition) is 2. The Hall–Kier alpha value is -2.42. The van der Waals surface area contributed by atoms with Crippen LogP contribution in [0.5, 0.6) is 5.75 Å². The van der Waals surface area contributed by atoms with Crippen molar-refractivity contribution < 1.29 is 23.1 Å². The number of ether oxygens (including phenoxy) is 1. The number of sulfone groups is 1. The summed E-state index contributed by atoms with van der Waals surface area (Å²) in [4.78, 5) is 11.6. The monoisotopic (exact) mass is 537 g/mol. The second kappa shape index (κ2) is 12.5. The van der Waals surface area contributed by atoms with Gasteiger partial charge in [-0.25, -0.2) is 8.42 Å². The minimum atomic E-state index is -3.72. The highest BCUT2D eigenvalue weighted by Crippen LogP contribution is 2.30. The summed E-state index contributed by atoms with van der Waals surface area (Å²) in [6.45, 7) is 5.74. The Morgan fingerprint density at radius 1 is 1.03 bits per heavy atom. The lowest BCUT2D eigenvalue weighted by Crippen LogP contribution is -2.23. The molecule has 1 atom stereocenters. The molecule has 0 aliphatic rings. The van der Waals surface area contributed by atoms with Gasteiger partial charge in [-0.05, 0) is 85.5 Å². The standard InChI is InChI=1S/C26H28ClNO5S.ClH/c1-17-13-24(14-18(2)26(17)33-19(3)29)34(31,32)23-9-7-20(8-10-23)11-12-28-16-25(30)21-5-4-6-22(27)15-21;/h4-10,13-15,25,28,30H,11-12,16H2,1-3H3;1H/t25-;/m1./s1. The van der Waals surface area contributed by atoms with E-state index in [0.29, 0.717) is 41.4 Å². The summed E-state index contributed by atoms with van der Waals surface area (Å²) in [5, 5.41) is 14.1. The summed E-state index contributed by atoms with van der Waals surface area (Å²) in [5.41, 5.74) is 2.88. The van der Waals surface area contributed by atoms with Gasteiger partial charge >= 0.3 is 5.97 Å². The Morgan fingerprint density at radius 2 is 1.66 bits per heavy atom. The van der Waals surface area contributed by atoms with Gasteiger partial charge in [-0.1, -0.05) is 35.9 Å². The van der Waals surface area contributed by atoms with Crippen molar-refractivity contribution in [1.29, 1.82) is 0 Å². The van der Waals surface area contributed by atoms with Gasteiger partial charge in [0.05, 0.1) is 15.9 Å². The molecule has 0 bridgehead atoms. The molecular weight excluding hydrogens is 509 g/mol. The van der Waals surface area contributed by atoms with E-state index in [2.05, 4.69) is 5.32 Å². The van der Waals surface area contributed by atoms with Crippen molar-refractivity contribution in [2.45, 2.75) is 43.1 Å². The number of aryl methyl sites for hydroxylation is 2. The van der Waals surface area contributed by atoms with Crippen LogP contribution < -0.4 is 10.1 Å². The first-order chi connectivity index (χ1) is 16.1. The average Bonchev–Trinajstić information content (AvgIpc) is 2.79. The molecule has 9 heteroatoms. The van der Waals surface area contributed by atoms with Gasteiger partial charge in [0.25, 0.3) is 0 Å². The van der Waals surface area contributed by atoms with Crippen LogP contribution >= 0.6 is 24.0 Å². The summed E-state index contributed by atoms with van der Waals surface area (Å²) in [7, 11) is -3.72. The first-order valence-electron chi connectivity index (χ1n) is 10.9. The second-order valence-electron chi connectivity index (χ2n) is 8.15. The zero-order valence-corrected chi connectivity index (χ0v) is 22.1. The molecule has 0 saturated carbocycles. The van der Waals surface area contributed by atoms with Crippen LogP contribution in [0.3, 0.4) is 0 Å². The van der Waals surface area contributed by atoms with Crippen LogP contribution in [0, 0.1) is 13.8 Å². The summed E-state index contributed by atoms with van der Waals surface area (Å²) in [6, 6.07) is 16.9. The number of rotatable bonds is 9. The molecule has 3 aromatic rings. The molecule has 0 aliphatic heterocycles. The number of carbonyl (C=O) groups is 1. The SMILES string of the molecule is CC(=O)Oc1c(C)cc(S(=O)(=O)c2ccc(CCNC[C@@H](O)c3cccc(Cl)c3)cc2)cc1C.Cl. The Labute approximate surface area is 217 Å². The minimum Gasteiger partial charge on any atom is -0.426 e. The van der Waals surface area contributed by atoms with E-state index in [1.165, 1.54) is 19.1 Å². The van der Waals surface area contributed by atoms with E-state index in [4.69, 9.17) is 16.3 Å². The summed E-state index contributed by atoms with van der Waals surface area (Å²) >= 11 is 5.96. The van der Waals surface area contributed by atoms with E-state index < -0.39 is 21.9 Å². The molecular formula is C26H29Cl2NO5S. The van der Waals surface area contributed by atoms with E-state index in [1.54, 1.807) is 56.3 Å². The van der Waals surface area contributed by atoms with E-state index in [-0.39, 0.29) is 22.2 Å². The van der Waals surface area contributed by atoms with Crippen LogP contribution in [0.4, 0.5) is 0 Å². The Bertz CT molecular complexity index is 1250. The smallest absolute Gasteiger partial charge is 0.308 e. The molecule has 0 saturated heterocycles. The molecule has 35 heavy (non-hydrogen) atoms. The maximum absolute atomic E-state index is 13.1. The van der Waals surface area contributed by atoms with Crippen LogP contribution in [0.25, 0.3) is 0 Å². The van der Waals surface area contributed by atoms with Gasteiger partial charge in [0.15, 0.2) is 0 Å². The van der Waals surface area contributed by atoms with Gasteiger partial charge in [-0.15, -0.1) is 12.4 Å². The molecule has 0 aliphatic carbocycles. The second-order valence-corrected chi connectivity index (χ2v) is 10.5. The molecule has 6 nitrogen and oxygen atoms in total. The van der Waals surface area contributed by atoms with E-state index >= 15 is 0 Å². The number of benzene rings is 3. The quantitative estimate of drug-likeness (QED) is 0.226. The van der Waals surface area contributed by atoms with E-state index in [0.717, 1.165) is 11.1 Å². The van der Waals surface area contributed by atoms with Crippen molar-refractivity contribution in [3.63, 3.8) is 0 Å². The first kappa shape index (κ1) is 28.8.